The number of hydrogen-bond donors (Lipinski definition) is 0. The predicted octanol–water partition coefficient (Wildman–Crippen LogP) is 20.5. The molecule has 0 aliphatic heterocycles. The quantitative estimate of drug-likeness (QED) is 0.0426. The van der Waals surface area contributed by atoms with E-state index in [0.29, 0.717) is 97.7 Å². The summed E-state index contributed by atoms with van der Waals surface area (Å²) in [6.07, 6.45) is 0. The summed E-state index contributed by atoms with van der Waals surface area (Å²) in [4.78, 5) is 0.550. The van der Waals surface area contributed by atoms with Gasteiger partial charge < -0.3 is 56.8 Å². The number of sulfone groups is 3. The van der Waals surface area contributed by atoms with Crippen LogP contribution in [0.4, 0.5) is 0 Å². The van der Waals surface area contributed by atoms with Crippen molar-refractivity contribution < 1.29 is 82.1 Å². The summed E-state index contributed by atoms with van der Waals surface area (Å²) in [5.41, 5.74) is 4.46. The fraction of sp³-hybridized carbons (Fsp3) is 0.191. The summed E-state index contributed by atoms with van der Waals surface area (Å²) in [5.74, 6) is 7.53. The van der Waals surface area contributed by atoms with E-state index >= 15 is 0 Å². The molecule has 0 heterocycles. The third kappa shape index (κ3) is 16.0. The molecule has 0 aliphatic carbocycles. The van der Waals surface area contributed by atoms with Crippen molar-refractivity contribution in [3.05, 3.63) is 294 Å². The second-order valence-corrected chi connectivity index (χ2v) is 33.3. The van der Waals surface area contributed by atoms with Crippen molar-refractivity contribution in [2.75, 3.05) is 49.8 Å². The Morgan fingerprint density at radius 1 is 0.227 bits per heavy atom. The fourth-order valence-electron chi connectivity index (χ4n) is 12.7. The second-order valence-electron chi connectivity index (χ2n) is 27.4. The van der Waals surface area contributed by atoms with Gasteiger partial charge in [0.2, 0.25) is 29.5 Å². The highest BCUT2D eigenvalue weighted by Crippen LogP contribution is 2.49. The molecule has 0 saturated carbocycles. The number of para-hydroxylation sites is 1. The Morgan fingerprint density at radius 2 is 0.464 bits per heavy atom. The van der Waals surface area contributed by atoms with Crippen LogP contribution in [-0.2, 0) is 45.8 Å². The van der Waals surface area contributed by atoms with Crippen molar-refractivity contribution in [2.24, 2.45) is 0 Å². The zero-order valence-electron chi connectivity index (χ0n) is 63.3. The average Bonchev–Trinajstić information content (AvgIpc) is 0.780. The van der Waals surface area contributed by atoms with Gasteiger partial charge in [0.25, 0.3) is 0 Å². The van der Waals surface area contributed by atoms with Crippen molar-refractivity contribution in [3.8, 4) is 97.7 Å². The van der Waals surface area contributed by atoms with Gasteiger partial charge in [0.05, 0.1) is 79.1 Å². The first-order chi connectivity index (χ1) is 52.5. The molecule has 0 spiro atoms. The van der Waals surface area contributed by atoms with Gasteiger partial charge in [-0.1, -0.05) is 102 Å². The third-order valence-corrected chi connectivity index (χ3v) is 25.0. The summed E-state index contributed by atoms with van der Waals surface area (Å²) < 4.78 is 155. The fourth-order valence-corrected chi connectivity index (χ4v) is 16.5. The number of aryl methyl sites for hydroxylation is 1. The molecule has 0 fully saturated rings. The van der Waals surface area contributed by atoms with Gasteiger partial charge in [-0.25, -0.2) is 25.3 Å². The van der Waals surface area contributed by atoms with E-state index in [2.05, 4.69) is 27.7 Å². The van der Waals surface area contributed by atoms with Crippen LogP contribution in [0.5, 0.6) is 97.7 Å². The lowest BCUT2D eigenvalue weighted by molar-refractivity contribution is 0.353. The lowest BCUT2D eigenvalue weighted by Crippen LogP contribution is -2.20. The van der Waals surface area contributed by atoms with E-state index in [1.54, 1.807) is 139 Å². The molecule has 0 saturated heterocycles. The molecule has 0 bridgehead atoms. The summed E-state index contributed by atoms with van der Waals surface area (Å²) in [6.45, 7) is 14.3. The van der Waals surface area contributed by atoms with E-state index in [1.807, 2.05) is 112 Å². The van der Waals surface area contributed by atoms with Crippen molar-refractivity contribution in [1.82, 2.24) is 0 Å². The summed E-state index contributed by atoms with van der Waals surface area (Å²) in [5, 5.41) is 0. The average molecular weight is 1540 g/mol. The van der Waals surface area contributed by atoms with Crippen molar-refractivity contribution in [2.45, 2.75) is 94.1 Å². The van der Waals surface area contributed by atoms with Gasteiger partial charge >= 0.3 is 0 Å². The molecule has 0 radical (unpaired) electrons. The van der Waals surface area contributed by atoms with E-state index in [1.165, 1.54) is 74.9 Å². The SMILES string of the molecule is COc1ccc(C(C)(C)c2ccc(Oc3ccc(S(=O)(=O)c4ccc(Oc5ccc(C(C)(C)c6ccc(OC)c(Oc7ccc(S(=O)(=O)c8ccc(Oc9ccc(C(C)(C)c%10cccc(OC)c%10Oc%10ccc(S(=O)(=O)c%11ccc(C)cc%11)cc%10)cc9OC)cc8)cc7)c6)cc5OC)cc4)cc3)c(OC)c2)cc1OC. The molecule has 566 valence electrons. The first-order valence-corrected chi connectivity index (χ1v) is 39.4. The van der Waals surface area contributed by atoms with Crippen LogP contribution >= 0.6 is 0 Å². The van der Waals surface area contributed by atoms with Gasteiger partial charge in [0.15, 0.2) is 69.0 Å². The summed E-state index contributed by atoms with van der Waals surface area (Å²) >= 11 is 0. The van der Waals surface area contributed by atoms with E-state index in [-0.39, 0.29) is 29.4 Å². The van der Waals surface area contributed by atoms with Gasteiger partial charge in [0.1, 0.15) is 28.7 Å². The molecule has 18 nitrogen and oxygen atoms in total. The normalized spacial score (nSPS) is 11.9. The van der Waals surface area contributed by atoms with Gasteiger partial charge in [-0.05, 0) is 235 Å². The van der Waals surface area contributed by atoms with Crippen LogP contribution in [0.2, 0.25) is 0 Å². The number of benzene rings is 12. The molecule has 0 amide bonds. The summed E-state index contributed by atoms with van der Waals surface area (Å²) in [6, 6.07) is 71.5. The smallest absolute Gasteiger partial charge is 0.206 e. The Labute approximate surface area is 643 Å². The Bertz CT molecular complexity index is 5690. The van der Waals surface area contributed by atoms with Gasteiger partial charge in [0, 0.05) is 21.8 Å². The molecule has 21 heteroatoms. The first kappa shape index (κ1) is 77.7. The van der Waals surface area contributed by atoms with Crippen LogP contribution in [0, 0.1) is 6.92 Å². The molecule has 12 rings (SSSR count). The highest BCUT2D eigenvalue weighted by molar-refractivity contribution is 7.92. The largest absolute Gasteiger partial charge is 0.493 e. The van der Waals surface area contributed by atoms with Crippen LogP contribution in [-0.4, -0.2) is 75.0 Å². The minimum absolute atomic E-state index is 0.0403. The number of rotatable bonds is 29. The second kappa shape index (κ2) is 31.7. The topological polar surface area (TPSA) is 213 Å². The van der Waals surface area contributed by atoms with Crippen molar-refractivity contribution >= 4 is 29.5 Å². The minimum Gasteiger partial charge on any atom is -0.493 e. The van der Waals surface area contributed by atoms with Crippen LogP contribution in [0.1, 0.15) is 80.5 Å². The van der Waals surface area contributed by atoms with Crippen LogP contribution < -0.4 is 56.8 Å². The molecular weight excluding hydrogens is 1450 g/mol. The Morgan fingerprint density at radius 3 is 0.764 bits per heavy atom. The minimum atomic E-state index is -4.02. The predicted molar refractivity (Wildman–Crippen MR) is 421 cm³/mol. The molecule has 110 heavy (non-hydrogen) atoms. The highest BCUT2D eigenvalue weighted by Gasteiger charge is 2.33. The van der Waals surface area contributed by atoms with E-state index in [0.717, 1.165) is 38.9 Å². The van der Waals surface area contributed by atoms with Crippen LogP contribution in [0.15, 0.2) is 284 Å². The van der Waals surface area contributed by atoms with Crippen LogP contribution in [0.3, 0.4) is 0 Å². The standard InChI is InChI=1S/C89H84O18S3/c1-57-18-35-68(36-19-57)108(90,91)73-45-33-67(34-46-73)107-86-74(16-15-17-80(86)98-10)89(6,7)62-24-51-79(84(55-62)102-14)105-65-29-41-71(42-30-65)110(94,95)72-43-31-66(32-44-72)106-85-56-61(21-48-76(85)97-9)88(4,5)60-23-50-78(83(54-60)101-13)104-64-27-39-70(40-28-64)109(92,93)69-37-25-63(26-38-69)103-77-49-22-59(53-82(77)100-12)87(2,3)58-20-47-75(96-8)81(52-58)99-11/h15-56H,1-14H3. The monoisotopic (exact) mass is 1540 g/mol. The highest BCUT2D eigenvalue weighted by atomic mass is 32.2. The first-order valence-electron chi connectivity index (χ1n) is 34.9. The van der Waals surface area contributed by atoms with Crippen molar-refractivity contribution in [1.29, 1.82) is 0 Å². The van der Waals surface area contributed by atoms with E-state index in [9.17, 15) is 25.3 Å². The number of ether oxygens (including phenoxy) is 12. The molecular formula is C89H84O18S3. The van der Waals surface area contributed by atoms with Crippen LogP contribution in [0.25, 0.3) is 0 Å². The molecule has 12 aromatic rings. The van der Waals surface area contributed by atoms with E-state index < -0.39 is 45.8 Å². The lowest BCUT2D eigenvalue weighted by atomic mass is 9.77. The zero-order valence-corrected chi connectivity index (χ0v) is 65.8. The molecule has 12 aromatic carbocycles. The van der Waals surface area contributed by atoms with Gasteiger partial charge in [-0.2, -0.15) is 0 Å². The Kier molecular flexibility index (Phi) is 22.4. The number of hydrogen-bond acceptors (Lipinski definition) is 18. The van der Waals surface area contributed by atoms with Crippen molar-refractivity contribution in [3.63, 3.8) is 0 Å². The maximum absolute atomic E-state index is 14.1. The maximum atomic E-state index is 14.1. The van der Waals surface area contributed by atoms with Gasteiger partial charge in [-0.3, -0.25) is 0 Å². The zero-order chi connectivity index (χ0) is 78.5. The molecule has 0 aromatic heterocycles. The molecule has 0 aliphatic rings. The van der Waals surface area contributed by atoms with E-state index in [4.69, 9.17) is 56.8 Å². The molecule has 0 unspecified atom stereocenters. The third-order valence-electron chi connectivity index (χ3n) is 19.7. The van der Waals surface area contributed by atoms with Gasteiger partial charge in [-0.15, -0.1) is 0 Å². The number of methoxy groups -OCH3 is 7. The Balaban J connectivity index is 0.669. The molecule has 0 atom stereocenters. The Hall–Kier alpha value is -11.9. The molecule has 0 N–H and O–H groups in total. The lowest BCUT2D eigenvalue weighted by Gasteiger charge is -2.29. The maximum Gasteiger partial charge on any atom is 0.206 e. The summed E-state index contributed by atoms with van der Waals surface area (Å²) in [7, 11) is -0.792.